The van der Waals surface area contributed by atoms with Crippen LogP contribution in [0, 0.1) is 6.92 Å². The number of benzene rings is 1. The fourth-order valence-corrected chi connectivity index (χ4v) is 3.15. The van der Waals surface area contributed by atoms with E-state index in [-0.39, 0.29) is 0 Å². The first-order chi connectivity index (χ1) is 10.6. The summed E-state index contributed by atoms with van der Waals surface area (Å²) in [4.78, 5) is 6.81. The second-order valence-corrected chi connectivity index (χ2v) is 6.37. The molecule has 0 aliphatic carbocycles. The number of rotatable bonds is 5. The van der Waals surface area contributed by atoms with E-state index in [4.69, 9.17) is 0 Å². The first-order valence-electron chi connectivity index (χ1n) is 7.45. The second-order valence-electron chi connectivity index (χ2n) is 5.84. The Morgan fingerprint density at radius 2 is 2.09 bits per heavy atom. The van der Waals surface area contributed by atoms with Crippen molar-refractivity contribution in [3.05, 3.63) is 53.3 Å². The molecule has 0 unspecified atom stereocenters. The van der Waals surface area contributed by atoms with Gasteiger partial charge in [0.2, 0.25) is 0 Å². The lowest BCUT2D eigenvalue weighted by Gasteiger charge is -2.24. The largest absolute Gasteiger partial charge is 0.299 e. The van der Waals surface area contributed by atoms with Gasteiger partial charge in [-0.1, -0.05) is 12.1 Å². The van der Waals surface area contributed by atoms with Gasteiger partial charge in [0.15, 0.2) is 0 Å². The van der Waals surface area contributed by atoms with Crippen LogP contribution in [0.5, 0.6) is 0 Å². The van der Waals surface area contributed by atoms with Gasteiger partial charge in [-0.3, -0.25) is 9.88 Å². The second kappa shape index (κ2) is 6.50. The number of pyridine rings is 1. The zero-order valence-corrected chi connectivity index (χ0v) is 14.0. The van der Waals surface area contributed by atoms with Gasteiger partial charge in [-0.15, -0.1) is 0 Å². The molecule has 22 heavy (non-hydrogen) atoms. The maximum Gasteiger partial charge on any atom is 0.109 e. The monoisotopic (exact) mass is 312 g/mol. The Morgan fingerprint density at radius 1 is 1.23 bits per heavy atom. The molecule has 114 valence electrons. The van der Waals surface area contributed by atoms with Gasteiger partial charge >= 0.3 is 0 Å². The highest BCUT2D eigenvalue weighted by Crippen LogP contribution is 2.19. The van der Waals surface area contributed by atoms with Gasteiger partial charge in [0.1, 0.15) is 11.0 Å². The Labute approximate surface area is 135 Å². The van der Waals surface area contributed by atoms with E-state index in [9.17, 15) is 0 Å². The molecule has 2 aromatic heterocycles. The van der Waals surface area contributed by atoms with Crippen molar-refractivity contribution >= 4 is 22.8 Å². The minimum absolute atomic E-state index is 0.413. The lowest BCUT2D eigenvalue weighted by atomic mass is 10.1. The molecule has 0 fully saturated rings. The van der Waals surface area contributed by atoms with Crippen molar-refractivity contribution in [2.75, 3.05) is 7.05 Å². The summed E-state index contributed by atoms with van der Waals surface area (Å²) >= 11 is 1.28. The Balaban J connectivity index is 1.71. The van der Waals surface area contributed by atoms with Crippen molar-refractivity contribution in [3.8, 4) is 0 Å². The third-order valence-corrected chi connectivity index (χ3v) is 4.56. The van der Waals surface area contributed by atoms with Gasteiger partial charge in [-0.05, 0) is 50.2 Å². The minimum Gasteiger partial charge on any atom is -0.299 e. The van der Waals surface area contributed by atoms with Gasteiger partial charge in [-0.25, -0.2) is 0 Å². The Bertz CT molecular complexity index is 768. The van der Waals surface area contributed by atoms with Crippen molar-refractivity contribution in [1.29, 1.82) is 0 Å². The topological polar surface area (TPSA) is 41.9 Å². The molecule has 0 radical (unpaired) electrons. The zero-order valence-electron chi connectivity index (χ0n) is 13.2. The lowest BCUT2D eigenvalue weighted by Crippen LogP contribution is -2.30. The zero-order chi connectivity index (χ0) is 15.5. The molecule has 0 amide bonds. The molecule has 1 atom stereocenters. The van der Waals surface area contributed by atoms with E-state index in [1.54, 1.807) is 0 Å². The van der Waals surface area contributed by atoms with Crippen molar-refractivity contribution in [2.24, 2.45) is 0 Å². The molecule has 0 spiro atoms. The van der Waals surface area contributed by atoms with Crippen LogP contribution in [-0.4, -0.2) is 31.7 Å². The van der Waals surface area contributed by atoms with E-state index in [1.807, 2.05) is 18.3 Å². The Kier molecular flexibility index (Phi) is 4.45. The van der Waals surface area contributed by atoms with Crippen LogP contribution >= 0.6 is 11.7 Å². The molecule has 0 saturated carbocycles. The highest BCUT2D eigenvalue weighted by atomic mass is 32.1. The van der Waals surface area contributed by atoms with Gasteiger partial charge in [0.25, 0.3) is 0 Å². The molecule has 1 aromatic carbocycles. The first kappa shape index (κ1) is 15.1. The van der Waals surface area contributed by atoms with Crippen LogP contribution in [0.25, 0.3) is 11.0 Å². The van der Waals surface area contributed by atoms with Crippen molar-refractivity contribution < 1.29 is 0 Å². The number of aromatic nitrogens is 3. The average Bonchev–Trinajstić information content (AvgIpc) is 2.96. The summed E-state index contributed by atoms with van der Waals surface area (Å²) in [6.07, 6.45) is 2.84. The summed E-state index contributed by atoms with van der Waals surface area (Å²) < 4.78 is 8.73. The van der Waals surface area contributed by atoms with Gasteiger partial charge in [0.05, 0.1) is 11.7 Å². The van der Waals surface area contributed by atoms with Crippen LogP contribution in [0.4, 0.5) is 0 Å². The van der Waals surface area contributed by atoms with Crippen LogP contribution in [0.15, 0.2) is 36.5 Å². The normalized spacial score (nSPS) is 12.9. The number of nitrogens with zero attached hydrogens (tertiary/aromatic N) is 4. The van der Waals surface area contributed by atoms with Crippen LogP contribution in [0.3, 0.4) is 0 Å². The van der Waals surface area contributed by atoms with Crippen LogP contribution in [0.1, 0.15) is 23.7 Å². The summed E-state index contributed by atoms with van der Waals surface area (Å²) in [5.41, 5.74) is 5.66. The molecule has 0 saturated heterocycles. The number of aryl methyl sites for hydroxylation is 1. The number of fused-ring (bicyclic) bond motifs is 1. The molecule has 3 rings (SSSR count). The van der Waals surface area contributed by atoms with E-state index in [2.05, 4.69) is 57.7 Å². The summed E-state index contributed by atoms with van der Waals surface area (Å²) in [5, 5.41) is 0. The van der Waals surface area contributed by atoms with E-state index in [0.717, 1.165) is 29.7 Å². The van der Waals surface area contributed by atoms with Crippen LogP contribution in [-0.2, 0) is 13.0 Å². The van der Waals surface area contributed by atoms with Gasteiger partial charge in [0, 0.05) is 30.9 Å². The third kappa shape index (κ3) is 3.31. The average molecular weight is 312 g/mol. The van der Waals surface area contributed by atoms with Crippen molar-refractivity contribution in [3.63, 3.8) is 0 Å². The lowest BCUT2D eigenvalue weighted by molar-refractivity contribution is 0.247. The molecule has 5 heteroatoms. The van der Waals surface area contributed by atoms with Crippen LogP contribution in [0.2, 0.25) is 0 Å². The molecular formula is C17H20N4S. The SMILES string of the molecule is Cc1ccnc(C[C@@H](C)N(C)Cc2cccc3nsnc23)c1. The molecule has 4 nitrogen and oxygen atoms in total. The molecule has 0 N–H and O–H groups in total. The highest BCUT2D eigenvalue weighted by Gasteiger charge is 2.14. The summed E-state index contributed by atoms with van der Waals surface area (Å²) in [6, 6.07) is 10.8. The van der Waals surface area contributed by atoms with E-state index in [1.165, 1.54) is 22.9 Å². The minimum atomic E-state index is 0.413. The fraction of sp³-hybridized carbons (Fsp3) is 0.353. The molecule has 3 aromatic rings. The Morgan fingerprint density at radius 3 is 2.91 bits per heavy atom. The molecule has 0 aliphatic heterocycles. The van der Waals surface area contributed by atoms with E-state index < -0.39 is 0 Å². The number of hydrogen-bond acceptors (Lipinski definition) is 5. The number of hydrogen-bond donors (Lipinski definition) is 0. The molecule has 0 bridgehead atoms. The van der Waals surface area contributed by atoms with Crippen LogP contribution < -0.4 is 0 Å². The van der Waals surface area contributed by atoms with E-state index in [0.29, 0.717) is 6.04 Å². The van der Waals surface area contributed by atoms with Crippen molar-refractivity contribution in [1.82, 2.24) is 18.6 Å². The highest BCUT2D eigenvalue weighted by molar-refractivity contribution is 7.00. The quantitative estimate of drug-likeness (QED) is 0.723. The summed E-state index contributed by atoms with van der Waals surface area (Å²) in [5.74, 6) is 0. The smallest absolute Gasteiger partial charge is 0.109 e. The predicted molar refractivity (Wildman–Crippen MR) is 91.0 cm³/mol. The summed E-state index contributed by atoms with van der Waals surface area (Å²) in [7, 11) is 2.15. The Hall–Kier alpha value is -1.85. The van der Waals surface area contributed by atoms with Gasteiger partial charge < -0.3 is 0 Å². The molecular weight excluding hydrogens is 292 g/mol. The van der Waals surface area contributed by atoms with Gasteiger partial charge in [-0.2, -0.15) is 8.75 Å². The van der Waals surface area contributed by atoms with E-state index >= 15 is 0 Å². The maximum atomic E-state index is 4.46. The maximum absolute atomic E-state index is 4.46. The molecule has 0 aliphatic rings. The first-order valence-corrected chi connectivity index (χ1v) is 8.18. The standard InChI is InChI=1S/C17H20N4S/c1-12-7-8-18-15(9-12)10-13(2)21(3)11-14-5-4-6-16-17(14)20-22-19-16/h4-9,13H,10-11H2,1-3H3/t13-/m1/s1. The van der Waals surface area contributed by atoms with Crippen molar-refractivity contribution in [2.45, 2.75) is 32.9 Å². The fourth-order valence-electron chi connectivity index (χ4n) is 2.58. The third-order valence-electron chi connectivity index (χ3n) is 4.02. The summed E-state index contributed by atoms with van der Waals surface area (Å²) in [6.45, 7) is 5.22. The predicted octanol–water partition coefficient (Wildman–Crippen LogP) is 3.46. The molecule has 2 heterocycles. The number of likely N-dealkylation sites (N-methyl/N-ethyl adjacent to an activating group) is 1.